The Morgan fingerprint density at radius 3 is 2.66 bits per heavy atom. The van der Waals surface area contributed by atoms with E-state index in [-0.39, 0.29) is 0 Å². The zero-order valence-electron chi connectivity index (χ0n) is 16.9. The lowest BCUT2D eigenvalue weighted by atomic mass is 9.94. The number of hydrogen-bond acceptors (Lipinski definition) is 4. The van der Waals surface area contributed by atoms with Gasteiger partial charge in [0.25, 0.3) is 0 Å². The third-order valence-electron chi connectivity index (χ3n) is 6.22. The number of aromatic nitrogens is 2. The Labute approximate surface area is 176 Å². The molecule has 0 aliphatic carbocycles. The molecule has 0 saturated carbocycles. The Balaban J connectivity index is 1.30. The Bertz CT molecular complexity index is 961. The minimum absolute atomic E-state index is 0.928. The third-order valence-corrected chi connectivity index (χ3v) is 7.20. The van der Waals surface area contributed by atoms with Gasteiger partial charge in [0.1, 0.15) is 11.6 Å². The van der Waals surface area contributed by atoms with Crippen molar-refractivity contribution in [3.05, 3.63) is 75.5 Å². The van der Waals surface area contributed by atoms with Gasteiger partial charge in [0, 0.05) is 49.0 Å². The highest BCUT2D eigenvalue weighted by Crippen LogP contribution is 2.38. The van der Waals surface area contributed by atoms with Gasteiger partial charge in [-0.2, -0.15) is 0 Å². The van der Waals surface area contributed by atoms with Crippen LogP contribution in [0.15, 0.2) is 53.7 Å². The van der Waals surface area contributed by atoms with Gasteiger partial charge in [-0.25, -0.2) is 4.98 Å². The van der Waals surface area contributed by atoms with E-state index in [4.69, 9.17) is 9.72 Å². The van der Waals surface area contributed by atoms with Crippen molar-refractivity contribution in [2.75, 3.05) is 26.7 Å². The molecule has 5 heteroatoms. The SMILES string of the molecule is COc1ccc(CCN2CCC(=C3c4sccc4CCn4ccnc43)CC2)cc1. The maximum atomic E-state index is 5.26. The van der Waals surface area contributed by atoms with Crippen LogP contribution in [0.4, 0.5) is 0 Å². The van der Waals surface area contributed by atoms with E-state index in [0.29, 0.717) is 0 Å². The molecule has 1 aromatic carbocycles. The molecule has 0 bridgehead atoms. The number of piperidine rings is 1. The summed E-state index contributed by atoms with van der Waals surface area (Å²) in [5.41, 5.74) is 5.88. The first kappa shape index (κ1) is 18.6. The zero-order chi connectivity index (χ0) is 19.6. The number of likely N-dealkylation sites (tertiary alicyclic amines) is 1. The molecule has 2 aromatic heterocycles. The number of methoxy groups -OCH3 is 1. The molecule has 4 nitrogen and oxygen atoms in total. The average molecular weight is 406 g/mol. The maximum absolute atomic E-state index is 5.26. The van der Waals surface area contributed by atoms with Gasteiger partial charge >= 0.3 is 0 Å². The number of benzene rings is 1. The van der Waals surface area contributed by atoms with E-state index >= 15 is 0 Å². The van der Waals surface area contributed by atoms with E-state index in [1.807, 2.05) is 17.5 Å². The number of imidazole rings is 1. The lowest BCUT2D eigenvalue weighted by Crippen LogP contribution is -2.32. The second-order valence-electron chi connectivity index (χ2n) is 7.89. The van der Waals surface area contributed by atoms with Gasteiger partial charge in [-0.05, 0) is 60.4 Å². The van der Waals surface area contributed by atoms with Crippen LogP contribution in [0.25, 0.3) is 5.57 Å². The molecule has 0 amide bonds. The highest BCUT2D eigenvalue weighted by molar-refractivity contribution is 7.11. The normalized spacial score (nSPS) is 17.0. The predicted octanol–water partition coefficient (Wildman–Crippen LogP) is 4.65. The third kappa shape index (κ3) is 3.77. The molecule has 0 atom stereocenters. The van der Waals surface area contributed by atoms with Crippen LogP contribution in [0.2, 0.25) is 0 Å². The van der Waals surface area contributed by atoms with Crippen molar-refractivity contribution in [3.8, 4) is 5.75 Å². The molecule has 3 aromatic rings. The van der Waals surface area contributed by atoms with Crippen molar-refractivity contribution < 1.29 is 4.74 Å². The summed E-state index contributed by atoms with van der Waals surface area (Å²) in [5.74, 6) is 2.10. The fourth-order valence-electron chi connectivity index (χ4n) is 4.51. The van der Waals surface area contributed by atoms with Gasteiger partial charge in [-0.1, -0.05) is 17.7 Å². The summed E-state index contributed by atoms with van der Waals surface area (Å²) in [5, 5.41) is 2.24. The van der Waals surface area contributed by atoms with E-state index in [0.717, 1.165) is 57.6 Å². The molecule has 29 heavy (non-hydrogen) atoms. The summed E-state index contributed by atoms with van der Waals surface area (Å²) in [7, 11) is 1.72. The molecule has 4 heterocycles. The first-order chi connectivity index (χ1) is 14.3. The summed E-state index contributed by atoms with van der Waals surface area (Å²) in [6.45, 7) is 4.42. The minimum Gasteiger partial charge on any atom is -0.497 e. The van der Waals surface area contributed by atoms with Crippen LogP contribution in [-0.2, 0) is 19.4 Å². The number of aryl methyl sites for hydroxylation is 2. The molecule has 1 saturated heterocycles. The van der Waals surface area contributed by atoms with Crippen LogP contribution < -0.4 is 4.74 Å². The van der Waals surface area contributed by atoms with Crippen molar-refractivity contribution in [3.63, 3.8) is 0 Å². The maximum Gasteiger partial charge on any atom is 0.141 e. The van der Waals surface area contributed by atoms with E-state index < -0.39 is 0 Å². The first-order valence-electron chi connectivity index (χ1n) is 10.5. The van der Waals surface area contributed by atoms with E-state index in [9.17, 15) is 0 Å². The van der Waals surface area contributed by atoms with Gasteiger partial charge in [0.2, 0.25) is 0 Å². The van der Waals surface area contributed by atoms with Gasteiger partial charge in [0.05, 0.1) is 7.11 Å². The highest BCUT2D eigenvalue weighted by atomic mass is 32.1. The van der Waals surface area contributed by atoms with Crippen molar-refractivity contribution in [1.29, 1.82) is 0 Å². The summed E-state index contributed by atoms with van der Waals surface area (Å²) < 4.78 is 7.60. The Morgan fingerprint density at radius 1 is 1.03 bits per heavy atom. The van der Waals surface area contributed by atoms with Gasteiger partial charge < -0.3 is 14.2 Å². The van der Waals surface area contributed by atoms with Crippen LogP contribution in [0.5, 0.6) is 5.75 Å². The van der Waals surface area contributed by atoms with Crippen LogP contribution >= 0.6 is 11.3 Å². The topological polar surface area (TPSA) is 30.3 Å². The first-order valence-corrected chi connectivity index (χ1v) is 11.4. The lowest BCUT2D eigenvalue weighted by molar-refractivity contribution is 0.260. The molecule has 2 aliphatic rings. The summed E-state index contributed by atoms with van der Waals surface area (Å²) in [6.07, 6.45) is 8.57. The molecule has 150 valence electrons. The lowest BCUT2D eigenvalue weighted by Gasteiger charge is -2.29. The van der Waals surface area contributed by atoms with Gasteiger partial charge in [-0.15, -0.1) is 11.3 Å². The number of thiophene rings is 1. The Morgan fingerprint density at radius 2 is 1.86 bits per heavy atom. The molecule has 0 spiro atoms. The average Bonchev–Trinajstić information content (AvgIpc) is 3.40. The van der Waals surface area contributed by atoms with E-state index in [2.05, 4.69) is 51.4 Å². The molecule has 0 radical (unpaired) electrons. The second kappa shape index (κ2) is 8.17. The molecule has 1 fully saturated rings. The number of fused-ring (bicyclic) bond motifs is 2. The van der Waals surface area contributed by atoms with Crippen LogP contribution in [0, 0.1) is 0 Å². The van der Waals surface area contributed by atoms with Gasteiger partial charge in [0.15, 0.2) is 0 Å². The second-order valence-corrected chi connectivity index (χ2v) is 8.80. The molecular weight excluding hydrogens is 378 g/mol. The largest absolute Gasteiger partial charge is 0.497 e. The quantitative estimate of drug-likeness (QED) is 0.633. The number of rotatable bonds is 4. The van der Waals surface area contributed by atoms with Crippen LogP contribution in [0.1, 0.15) is 34.7 Å². The van der Waals surface area contributed by atoms with Crippen molar-refractivity contribution in [1.82, 2.24) is 14.5 Å². The summed E-state index contributed by atoms with van der Waals surface area (Å²) in [4.78, 5) is 8.81. The molecular formula is C24H27N3OS. The fourth-order valence-corrected chi connectivity index (χ4v) is 5.55. The van der Waals surface area contributed by atoms with Gasteiger partial charge in [-0.3, -0.25) is 0 Å². The van der Waals surface area contributed by atoms with Crippen molar-refractivity contribution >= 4 is 16.9 Å². The molecule has 0 N–H and O–H groups in total. The monoisotopic (exact) mass is 405 g/mol. The smallest absolute Gasteiger partial charge is 0.141 e. The number of nitrogens with zero attached hydrogens (tertiary/aromatic N) is 3. The Kier molecular flexibility index (Phi) is 5.25. The summed E-state index contributed by atoms with van der Waals surface area (Å²) in [6, 6.07) is 10.8. The zero-order valence-corrected chi connectivity index (χ0v) is 17.8. The predicted molar refractivity (Wildman–Crippen MR) is 119 cm³/mol. The molecule has 0 unspecified atom stereocenters. The van der Waals surface area contributed by atoms with Crippen molar-refractivity contribution in [2.24, 2.45) is 0 Å². The van der Waals surface area contributed by atoms with Crippen LogP contribution in [-0.4, -0.2) is 41.2 Å². The van der Waals surface area contributed by atoms with Crippen molar-refractivity contribution in [2.45, 2.75) is 32.2 Å². The van der Waals surface area contributed by atoms with E-state index in [1.165, 1.54) is 27.4 Å². The number of ether oxygens (including phenoxy) is 1. The minimum atomic E-state index is 0.928. The number of hydrogen-bond donors (Lipinski definition) is 0. The highest BCUT2D eigenvalue weighted by Gasteiger charge is 2.25. The Hall–Kier alpha value is -2.37. The molecule has 5 rings (SSSR count). The fraction of sp³-hybridized carbons (Fsp3) is 0.375. The standard InChI is InChI=1S/C24H27N3OS/c1-28-21-4-2-18(3-5-21)6-12-26-13-7-19(8-14-26)22-23-20(10-17-29-23)9-15-27-16-11-25-24(22)27/h2-5,10-11,16-17H,6-9,12-15H2,1H3. The summed E-state index contributed by atoms with van der Waals surface area (Å²) >= 11 is 1.88. The molecule has 2 aliphatic heterocycles. The van der Waals surface area contributed by atoms with Crippen LogP contribution in [0.3, 0.4) is 0 Å². The van der Waals surface area contributed by atoms with E-state index in [1.54, 1.807) is 12.7 Å².